The number of hydrogen-bond acceptors (Lipinski definition) is 4. The van der Waals surface area contributed by atoms with E-state index in [9.17, 15) is 9.59 Å². The van der Waals surface area contributed by atoms with Gasteiger partial charge in [-0.05, 0) is 56.5 Å². The van der Waals surface area contributed by atoms with E-state index in [1.807, 2.05) is 29.2 Å². The lowest BCUT2D eigenvalue weighted by atomic mass is 10.1. The van der Waals surface area contributed by atoms with Crippen molar-refractivity contribution in [2.24, 2.45) is 0 Å². The topological polar surface area (TPSA) is 64.4 Å². The number of ether oxygens (including phenoxy) is 1. The van der Waals surface area contributed by atoms with E-state index in [4.69, 9.17) is 4.74 Å². The van der Waals surface area contributed by atoms with Gasteiger partial charge in [-0.25, -0.2) is 4.68 Å². The van der Waals surface area contributed by atoms with E-state index in [-0.39, 0.29) is 11.5 Å². The highest BCUT2D eigenvalue weighted by atomic mass is 16.5. The van der Waals surface area contributed by atoms with Crippen molar-refractivity contribution in [1.29, 1.82) is 0 Å². The molecular formula is C19H23N3O3. The van der Waals surface area contributed by atoms with Gasteiger partial charge in [-0.2, -0.15) is 5.10 Å². The number of carbonyl (C=O) groups is 1. The molecule has 1 aliphatic heterocycles. The Morgan fingerprint density at radius 2 is 1.76 bits per heavy atom. The smallest absolute Gasteiger partial charge is 0.267 e. The van der Waals surface area contributed by atoms with Crippen molar-refractivity contribution in [1.82, 2.24) is 14.7 Å². The number of hydrogen-bond donors (Lipinski definition) is 0. The first-order valence-corrected chi connectivity index (χ1v) is 8.63. The number of benzene rings is 1. The first-order chi connectivity index (χ1) is 12.1. The molecule has 0 radical (unpaired) electrons. The zero-order chi connectivity index (χ0) is 17.8. The molecular weight excluding hydrogens is 318 g/mol. The lowest BCUT2D eigenvalue weighted by molar-refractivity contribution is -0.135. The molecule has 25 heavy (non-hydrogen) atoms. The molecule has 0 spiro atoms. The summed E-state index contributed by atoms with van der Waals surface area (Å²) in [6.45, 7) is 3.26. The highest BCUT2D eigenvalue weighted by molar-refractivity contribution is 5.80. The Labute approximate surface area is 147 Å². The number of likely N-dealkylation sites (tertiary alicyclic amines) is 1. The Morgan fingerprint density at radius 1 is 1.08 bits per heavy atom. The molecule has 0 saturated carbocycles. The lowest BCUT2D eigenvalue weighted by Crippen LogP contribution is -2.42. The minimum absolute atomic E-state index is 0.0406. The summed E-state index contributed by atoms with van der Waals surface area (Å²) in [7, 11) is 1.61. The number of aromatic nitrogens is 2. The summed E-state index contributed by atoms with van der Waals surface area (Å²) in [5.41, 5.74) is 1.25. The van der Waals surface area contributed by atoms with Crippen molar-refractivity contribution < 1.29 is 9.53 Å². The molecule has 1 atom stereocenters. The molecule has 2 heterocycles. The average molecular weight is 341 g/mol. The fourth-order valence-electron chi connectivity index (χ4n) is 3.10. The van der Waals surface area contributed by atoms with E-state index in [1.54, 1.807) is 20.1 Å². The molecule has 0 bridgehead atoms. The fraction of sp³-hybridized carbons (Fsp3) is 0.421. The summed E-state index contributed by atoms with van der Waals surface area (Å²) < 4.78 is 6.45. The van der Waals surface area contributed by atoms with Gasteiger partial charge < -0.3 is 9.64 Å². The maximum absolute atomic E-state index is 12.7. The number of rotatable bonds is 4. The maximum atomic E-state index is 12.7. The SMILES string of the molecule is COc1ccc(-c2ccc(=O)n(C(C)C(=O)N3CCCCC3)n2)cc1. The summed E-state index contributed by atoms with van der Waals surface area (Å²) in [5, 5.41) is 4.43. The molecule has 1 amide bonds. The van der Waals surface area contributed by atoms with Crippen LogP contribution in [0.1, 0.15) is 32.2 Å². The van der Waals surface area contributed by atoms with Crippen LogP contribution in [-0.2, 0) is 4.79 Å². The van der Waals surface area contributed by atoms with Crippen molar-refractivity contribution >= 4 is 5.91 Å². The molecule has 0 N–H and O–H groups in total. The van der Waals surface area contributed by atoms with E-state index in [0.29, 0.717) is 5.69 Å². The molecule has 2 aromatic rings. The Hall–Kier alpha value is -2.63. The van der Waals surface area contributed by atoms with Crippen LogP contribution in [0.25, 0.3) is 11.3 Å². The number of nitrogens with zero attached hydrogens (tertiary/aromatic N) is 3. The molecule has 1 unspecified atom stereocenters. The molecule has 1 aromatic heterocycles. The quantitative estimate of drug-likeness (QED) is 0.857. The van der Waals surface area contributed by atoms with Crippen LogP contribution in [0.5, 0.6) is 5.75 Å². The van der Waals surface area contributed by atoms with Crippen molar-refractivity contribution in [3.63, 3.8) is 0 Å². The van der Waals surface area contributed by atoms with Crippen LogP contribution in [-0.4, -0.2) is 40.8 Å². The summed E-state index contributed by atoms with van der Waals surface area (Å²) in [6, 6.07) is 9.98. The van der Waals surface area contributed by atoms with Crippen LogP contribution in [0.4, 0.5) is 0 Å². The van der Waals surface area contributed by atoms with Crippen molar-refractivity contribution in [3.05, 3.63) is 46.8 Å². The van der Waals surface area contributed by atoms with Crippen molar-refractivity contribution in [2.75, 3.05) is 20.2 Å². The second-order valence-corrected chi connectivity index (χ2v) is 6.29. The van der Waals surface area contributed by atoms with Crippen LogP contribution in [0.3, 0.4) is 0 Å². The van der Waals surface area contributed by atoms with Gasteiger partial charge in [0.25, 0.3) is 5.56 Å². The second kappa shape index (κ2) is 7.51. The van der Waals surface area contributed by atoms with Crippen molar-refractivity contribution in [3.8, 4) is 17.0 Å². The monoisotopic (exact) mass is 341 g/mol. The number of piperidine rings is 1. The Bertz CT molecular complexity index is 792. The van der Waals surface area contributed by atoms with Gasteiger partial charge in [-0.15, -0.1) is 0 Å². The maximum Gasteiger partial charge on any atom is 0.267 e. The number of methoxy groups -OCH3 is 1. The number of amides is 1. The van der Waals surface area contributed by atoms with E-state index in [0.717, 1.165) is 43.7 Å². The molecule has 1 aliphatic rings. The van der Waals surface area contributed by atoms with E-state index in [2.05, 4.69) is 5.10 Å². The summed E-state index contributed by atoms with van der Waals surface area (Å²) >= 11 is 0. The molecule has 132 valence electrons. The van der Waals surface area contributed by atoms with Gasteiger partial charge in [-0.1, -0.05) is 0 Å². The fourth-order valence-corrected chi connectivity index (χ4v) is 3.10. The van der Waals surface area contributed by atoms with Crippen molar-refractivity contribution in [2.45, 2.75) is 32.2 Å². The zero-order valence-electron chi connectivity index (χ0n) is 14.6. The zero-order valence-corrected chi connectivity index (χ0v) is 14.6. The summed E-state index contributed by atoms with van der Waals surface area (Å²) in [6.07, 6.45) is 3.20. The number of carbonyl (C=O) groups excluding carboxylic acids is 1. The van der Waals surface area contributed by atoms with E-state index in [1.165, 1.54) is 10.7 Å². The lowest BCUT2D eigenvalue weighted by Gasteiger charge is -2.29. The largest absolute Gasteiger partial charge is 0.497 e. The third-order valence-electron chi connectivity index (χ3n) is 4.60. The molecule has 0 aliphatic carbocycles. The molecule has 6 nitrogen and oxygen atoms in total. The summed E-state index contributed by atoms with van der Waals surface area (Å²) in [4.78, 5) is 26.8. The van der Waals surface area contributed by atoms with Gasteiger partial charge in [0.05, 0.1) is 12.8 Å². The van der Waals surface area contributed by atoms with Gasteiger partial charge in [0.1, 0.15) is 11.8 Å². The first-order valence-electron chi connectivity index (χ1n) is 8.63. The predicted molar refractivity (Wildman–Crippen MR) is 95.6 cm³/mol. The van der Waals surface area contributed by atoms with Gasteiger partial charge in [-0.3, -0.25) is 9.59 Å². The van der Waals surface area contributed by atoms with Crippen LogP contribution in [0.2, 0.25) is 0 Å². The second-order valence-electron chi connectivity index (χ2n) is 6.29. The highest BCUT2D eigenvalue weighted by Crippen LogP contribution is 2.20. The molecule has 1 fully saturated rings. The highest BCUT2D eigenvalue weighted by Gasteiger charge is 2.25. The van der Waals surface area contributed by atoms with Gasteiger partial charge in [0, 0.05) is 24.7 Å². The van der Waals surface area contributed by atoms with Crippen LogP contribution in [0, 0.1) is 0 Å². The molecule has 1 saturated heterocycles. The van der Waals surface area contributed by atoms with E-state index >= 15 is 0 Å². The van der Waals surface area contributed by atoms with Crippen LogP contribution >= 0.6 is 0 Å². The normalized spacial score (nSPS) is 15.7. The van der Waals surface area contributed by atoms with Crippen LogP contribution < -0.4 is 10.3 Å². The molecule has 1 aromatic carbocycles. The van der Waals surface area contributed by atoms with Gasteiger partial charge in [0.2, 0.25) is 5.91 Å². The minimum atomic E-state index is -0.608. The molecule has 6 heteroatoms. The predicted octanol–water partition coefficient (Wildman–Crippen LogP) is 2.49. The third-order valence-corrected chi connectivity index (χ3v) is 4.60. The first kappa shape index (κ1) is 17.2. The van der Waals surface area contributed by atoms with E-state index < -0.39 is 6.04 Å². The molecule has 3 rings (SSSR count). The standard InChI is InChI=1S/C19H23N3O3/c1-14(19(24)21-12-4-3-5-13-21)22-18(23)11-10-17(20-22)15-6-8-16(25-2)9-7-15/h6-11,14H,3-5,12-13H2,1-2H3. The van der Waals surface area contributed by atoms with Crippen LogP contribution in [0.15, 0.2) is 41.2 Å². The average Bonchev–Trinajstić information content (AvgIpc) is 2.68. The van der Waals surface area contributed by atoms with Gasteiger partial charge in [0.15, 0.2) is 0 Å². The Morgan fingerprint density at radius 3 is 2.40 bits per heavy atom. The Kier molecular flexibility index (Phi) is 5.16. The summed E-state index contributed by atoms with van der Waals surface area (Å²) in [5.74, 6) is 0.715. The van der Waals surface area contributed by atoms with Gasteiger partial charge >= 0.3 is 0 Å². The minimum Gasteiger partial charge on any atom is -0.497 e. The third kappa shape index (κ3) is 3.73. The Balaban J connectivity index is 1.87.